The van der Waals surface area contributed by atoms with E-state index in [2.05, 4.69) is 10.2 Å². The maximum Gasteiger partial charge on any atom is 0.120 e. The Morgan fingerprint density at radius 1 is 1.20 bits per heavy atom. The van der Waals surface area contributed by atoms with Crippen molar-refractivity contribution in [3.8, 4) is 5.75 Å². The molecule has 0 atom stereocenters. The lowest BCUT2D eigenvalue weighted by Crippen LogP contribution is -2.42. The lowest BCUT2D eigenvalue weighted by Gasteiger charge is -2.32. The van der Waals surface area contributed by atoms with Crippen LogP contribution in [-0.2, 0) is 6.54 Å². The molecule has 1 aliphatic heterocycles. The number of nitrogens with zero attached hydrogens (tertiary/aromatic N) is 1. The fourth-order valence-corrected chi connectivity index (χ4v) is 3.07. The summed E-state index contributed by atoms with van der Waals surface area (Å²) in [6.07, 6.45) is 5.24. The Morgan fingerprint density at radius 2 is 1.95 bits per heavy atom. The second-order valence-electron chi connectivity index (χ2n) is 6.18. The van der Waals surface area contributed by atoms with Crippen LogP contribution in [-0.4, -0.2) is 35.7 Å². The molecule has 2 aliphatic rings. The third-order valence-corrected chi connectivity index (χ3v) is 4.65. The molecule has 4 heteroatoms. The van der Waals surface area contributed by atoms with E-state index in [-0.39, 0.29) is 0 Å². The summed E-state index contributed by atoms with van der Waals surface area (Å²) >= 11 is 5.99. The van der Waals surface area contributed by atoms with Crippen molar-refractivity contribution in [2.75, 3.05) is 19.6 Å². The second kappa shape index (κ2) is 6.33. The van der Waals surface area contributed by atoms with E-state index in [9.17, 15) is 5.11 Å². The molecule has 20 heavy (non-hydrogen) atoms. The maximum absolute atomic E-state index is 9.87. The molecule has 0 bridgehead atoms. The summed E-state index contributed by atoms with van der Waals surface area (Å²) in [4.78, 5) is 2.40. The topological polar surface area (TPSA) is 35.5 Å². The van der Waals surface area contributed by atoms with Gasteiger partial charge in [0.25, 0.3) is 0 Å². The van der Waals surface area contributed by atoms with Crippen molar-refractivity contribution in [3.05, 3.63) is 28.8 Å². The lowest BCUT2D eigenvalue weighted by atomic mass is 10.0. The van der Waals surface area contributed by atoms with E-state index < -0.39 is 0 Å². The predicted molar refractivity (Wildman–Crippen MR) is 82.1 cm³/mol. The van der Waals surface area contributed by atoms with Gasteiger partial charge in [-0.05, 0) is 69.4 Å². The van der Waals surface area contributed by atoms with Gasteiger partial charge in [-0.3, -0.25) is 4.90 Å². The van der Waals surface area contributed by atoms with Crippen molar-refractivity contribution in [2.24, 2.45) is 5.92 Å². The highest BCUT2D eigenvalue weighted by atomic mass is 35.5. The Kier molecular flexibility index (Phi) is 4.49. The largest absolute Gasteiger partial charge is 0.508 e. The number of phenolic OH excluding ortho intramolecular Hbond substituents is 1. The van der Waals surface area contributed by atoms with Crippen LogP contribution in [0.25, 0.3) is 0 Å². The van der Waals surface area contributed by atoms with Gasteiger partial charge in [-0.15, -0.1) is 0 Å². The number of hydrogen-bond acceptors (Lipinski definition) is 3. The standard InChI is InChI=1S/C16H23ClN2O/c17-14-3-4-16(20)13(9-14)11-19-7-5-15(6-8-19)18-10-12-1-2-12/h3-4,9,12,15,18,20H,1-2,5-8,10-11H2. The average molecular weight is 295 g/mol. The summed E-state index contributed by atoms with van der Waals surface area (Å²) in [6.45, 7) is 4.18. The van der Waals surface area contributed by atoms with E-state index >= 15 is 0 Å². The highest BCUT2D eigenvalue weighted by molar-refractivity contribution is 6.30. The number of piperidine rings is 1. The van der Waals surface area contributed by atoms with Crippen LogP contribution in [0.3, 0.4) is 0 Å². The van der Waals surface area contributed by atoms with Gasteiger partial charge in [-0.1, -0.05) is 11.6 Å². The Labute approximate surface area is 125 Å². The Hall–Kier alpha value is -0.770. The molecule has 1 saturated carbocycles. The molecule has 1 aromatic carbocycles. The zero-order valence-corrected chi connectivity index (χ0v) is 12.6. The van der Waals surface area contributed by atoms with Crippen LogP contribution in [0.1, 0.15) is 31.2 Å². The van der Waals surface area contributed by atoms with E-state index in [0.717, 1.165) is 31.1 Å². The summed E-state index contributed by atoms with van der Waals surface area (Å²) in [5.41, 5.74) is 0.932. The molecule has 1 aromatic rings. The van der Waals surface area contributed by atoms with Gasteiger partial charge in [0.15, 0.2) is 0 Å². The Balaban J connectivity index is 1.46. The van der Waals surface area contributed by atoms with Crippen LogP contribution in [0.5, 0.6) is 5.75 Å². The third-order valence-electron chi connectivity index (χ3n) is 4.42. The molecular weight excluding hydrogens is 272 g/mol. The average Bonchev–Trinajstić information content (AvgIpc) is 3.26. The Bertz CT molecular complexity index is 454. The Morgan fingerprint density at radius 3 is 2.65 bits per heavy atom. The number of phenols is 1. The molecule has 3 nitrogen and oxygen atoms in total. The SMILES string of the molecule is Oc1ccc(Cl)cc1CN1CCC(NCC2CC2)CC1. The first-order valence-corrected chi connectivity index (χ1v) is 8.01. The van der Waals surface area contributed by atoms with E-state index in [1.54, 1.807) is 12.1 Å². The number of rotatable bonds is 5. The minimum absolute atomic E-state index is 0.350. The van der Waals surface area contributed by atoms with Crippen molar-refractivity contribution in [3.63, 3.8) is 0 Å². The van der Waals surface area contributed by atoms with Crippen LogP contribution in [0.15, 0.2) is 18.2 Å². The number of likely N-dealkylation sites (tertiary alicyclic amines) is 1. The summed E-state index contributed by atoms with van der Waals surface area (Å²) in [7, 11) is 0. The van der Waals surface area contributed by atoms with Crippen LogP contribution in [0.4, 0.5) is 0 Å². The van der Waals surface area contributed by atoms with Gasteiger partial charge in [-0.2, -0.15) is 0 Å². The quantitative estimate of drug-likeness (QED) is 0.876. The molecule has 1 heterocycles. The van der Waals surface area contributed by atoms with Crippen molar-refractivity contribution < 1.29 is 5.11 Å². The smallest absolute Gasteiger partial charge is 0.120 e. The molecule has 3 rings (SSSR count). The molecule has 1 saturated heterocycles. The zero-order chi connectivity index (χ0) is 13.9. The minimum atomic E-state index is 0.350. The molecule has 0 spiro atoms. The molecule has 2 N–H and O–H groups in total. The van der Waals surface area contributed by atoms with Crippen molar-refractivity contribution in [1.82, 2.24) is 10.2 Å². The molecule has 0 radical (unpaired) electrons. The zero-order valence-electron chi connectivity index (χ0n) is 11.8. The molecule has 2 fully saturated rings. The first-order chi connectivity index (χ1) is 9.70. The fourth-order valence-electron chi connectivity index (χ4n) is 2.87. The summed E-state index contributed by atoms with van der Waals surface area (Å²) in [6, 6.07) is 5.96. The molecule has 0 unspecified atom stereocenters. The van der Waals surface area contributed by atoms with E-state index in [1.165, 1.54) is 32.2 Å². The number of benzene rings is 1. The number of nitrogens with one attached hydrogen (secondary N) is 1. The van der Waals surface area contributed by atoms with Crippen molar-refractivity contribution in [2.45, 2.75) is 38.3 Å². The van der Waals surface area contributed by atoms with Gasteiger partial charge < -0.3 is 10.4 Å². The molecule has 0 aromatic heterocycles. The van der Waals surface area contributed by atoms with Gasteiger partial charge in [0.05, 0.1) is 0 Å². The van der Waals surface area contributed by atoms with Crippen molar-refractivity contribution in [1.29, 1.82) is 0 Å². The van der Waals surface area contributed by atoms with E-state index in [0.29, 0.717) is 16.8 Å². The third kappa shape index (κ3) is 3.87. The maximum atomic E-state index is 9.87. The lowest BCUT2D eigenvalue weighted by molar-refractivity contribution is 0.188. The first kappa shape index (κ1) is 14.2. The van der Waals surface area contributed by atoms with Gasteiger partial charge in [0, 0.05) is 23.2 Å². The van der Waals surface area contributed by atoms with Crippen LogP contribution >= 0.6 is 11.6 Å². The number of hydrogen-bond donors (Lipinski definition) is 2. The normalized spacial score (nSPS) is 21.2. The first-order valence-electron chi connectivity index (χ1n) is 7.64. The molecule has 0 amide bonds. The molecule has 110 valence electrons. The van der Waals surface area contributed by atoms with Gasteiger partial charge in [-0.25, -0.2) is 0 Å². The van der Waals surface area contributed by atoms with Crippen LogP contribution in [0, 0.1) is 5.92 Å². The predicted octanol–water partition coefficient (Wildman–Crippen LogP) is 3.01. The monoisotopic (exact) mass is 294 g/mol. The highest BCUT2D eigenvalue weighted by Gasteiger charge is 2.24. The number of aromatic hydroxyl groups is 1. The number of halogens is 1. The summed E-state index contributed by atoms with van der Waals surface area (Å²) in [5.74, 6) is 1.31. The van der Waals surface area contributed by atoms with Gasteiger partial charge in [0.2, 0.25) is 0 Å². The van der Waals surface area contributed by atoms with Gasteiger partial charge >= 0.3 is 0 Å². The van der Waals surface area contributed by atoms with Crippen LogP contribution < -0.4 is 5.32 Å². The molecular formula is C16H23ClN2O. The van der Waals surface area contributed by atoms with E-state index in [4.69, 9.17) is 11.6 Å². The highest BCUT2D eigenvalue weighted by Crippen LogP contribution is 2.28. The minimum Gasteiger partial charge on any atom is -0.508 e. The molecule has 1 aliphatic carbocycles. The summed E-state index contributed by atoms with van der Waals surface area (Å²) in [5, 5.41) is 14.3. The van der Waals surface area contributed by atoms with Crippen LogP contribution in [0.2, 0.25) is 5.02 Å². The summed E-state index contributed by atoms with van der Waals surface area (Å²) < 4.78 is 0. The second-order valence-corrected chi connectivity index (χ2v) is 6.61. The van der Waals surface area contributed by atoms with Crippen molar-refractivity contribution >= 4 is 11.6 Å². The van der Waals surface area contributed by atoms with Gasteiger partial charge in [0.1, 0.15) is 5.75 Å². The fraction of sp³-hybridized carbons (Fsp3) is 0.625. The van der Waals surface area contributed by atoms with E-state index in [1.807, 2.05) is 6.07 Å².